The van der Waals surface area contributed by atoms with E-state index in [4.69, 9.17) is 0 Å². The summed E-state index contributed by atoms with van der Waals surface area (Å²) in [5.41, 5.74) is 4.44. The lowest BCUT2D eigenvalue weighted by Crippen LogP contribution is -2.37. The van der Waals surface area contributed by atoms with Gasteiger partial charge in [-0.05, 0) is 24.4 Å². The molecule has 26 heavy (non-hydrogen) atoms. The number of aromatic nitrogens is 2. The number of nitrogens with zero attached hydrogens (tertiary/aromatic N) is 3. The summed E-state index contributed by atoms with van der Waals surface area (Å²) in [6.07, 6.45) is 3.39. The Morgan fingerprint density at radius 1 is 1.15 bits per heavy atom. The van der Waals surface area contributed by atoms with E-state index in [0.717, 1.165) is 16.8 Å². The van der Waals surface area contributed by atoms with Crippen LogP contribution in [0.4, 0.5) is 5.69 Å². The van der Waals surface area contributed by atoms with Crippen molar-refractivity contribution in [3.8, 4) is 11.3 Å². The Labute approximate surface area is 150 Å². The first-order valence-corrected chi connectivity index (χ1v) is 8.14. The lowest BCUT2D eigenvalue weighted by atomic mass is 10.0. The zero-order chi connectivity index (χ0) is 18.7. The van der Waals surface area contributed by atoms with E-state index in [1.807, 2.05) is 32.0 Å². The SMILES string of the molecule is Cc1ccc(-c2cc[n+](CC(=O)c3cccc([N+](=O)[O-])c3)cn2)c(C)c1. The Hall–Kier alpha value is -3.41. The van der Waals surface area contributed by atoms with Gasteiger partial charge in [0.2, 0.25) is 5.78 Å². The third-order valence-electron chi connectivity index (χ3n) is 4.13. The van der Waals surface area contributed by atoms with E-state index in [1.54, 1.807) is 23.2 Å². The number of aryl methyl sites for hydroxylation is 2. The predicted molar refractivity (Wildman–Crippen MR) is 96.8 cm³/mol. The minimum absolute atomic E-state index is 0.0708. The monoisotopic (exact) mass is 348 g/mol. The second-order valence-corrected chi connectivity index (χ2v) is 6.17. The molecule has 130 valence electrons. The molecule has 0 unspecified atom stereocenters. The summed E-state index contributed by atoms with van der Waals surface area (Å²) in [6, 6.07) is 13.8. The van der Waals surface area contributed by atoms with Crippen molar-refractivity contribution in [2.24, 2.45) is 0 Å². The first-order chi connectivity index (χ1) is 12.4. The minimum atomic E-state index is -0.510. The molecular formula is C20H18N3O3+. The summed E-state index contributed by atoms with van der Waals surface area (Å²) in [7, 11) is 0. The molecule has 0 bridgehead atoms. The van der Waals surface area contributed by atoms with Gasteiger partial charge in [0, 0.05) is 29.3 Å². The van der Waals surface area contributed by atoms with Gasteiger partial charge in [0.15, 0.2) is 12.2 Å². The molecule has 1 heterocycles. The van der Waals surface area contributed by atoms with Gasteiger partial charge in [-0.1, -0.05) is 35.9 Å². The normalized spacial score (nSPS) is 10.5. The van der Waals surface area contributed by atoms with Gasteiger partial charge in [-0.25, -0.2) is 4.57 Å². The van der Waals surface area contributed by atoms with Crippen molar-refractivity contribution in [1.82, 2.24) is 4.98 Å². The molecule has 0 radical (unpaired) electrons. The molecule has 6 nitrogen and oxygen atoms in total. The highest BCUT2D eigenvalue weighted by Crippen LogP contribution is 2.21. The maximum absolute atomic E-state index is 12.4. The molecule has 0 N–H and O–H groups in total. The molecule has 0 amide bonds. The van der Waals surface area contributed by atoms with Crippen molar-refractivity contribution in [2.45, 2.75) is 20.4 Å². The van der Waals surface area contributed by atoms with Gasteiger partial charge in [-0.3, -0.25) is 14.9 Å². The number of nitro groups is 1. The Morgan fingerprint density at radius 2 is 1.96 bits per heavy atom. The van der Waals surface area contributed by atoms with E-state index >= 15 is 0 Å². The molecule has 0 saturated heterocycles. The van der Waals surface area contributed by atoms with Crippen molar-refractivity contribution in [2.75, 3.05) is 0 Å². The highest BCUT2D eigenvalue weighted by molar-refractivity contribution is 5.95. The quantitative estimate of drug-likeness (QED) is 0.306. The smallest absolute Gasteiger partial charge is 0.287 e. The van der Waals surface area contributed by atoms with Crippen molar-refractivity contribution in [3.05, 3.63) is 87.9 Å². The zero-order valence-electron chi connectivity index (χ0n) is 14.5. The molecule has 1 aromatic heterocycles. The summed E-state index contributed by atoms with van der Waals surface area (Å²) in [5.74, 6) is -0.209. The van der Waals surface area contributed by atoms with Gasteiger partial charge in [0.1, 0.15) is 0 Å². The fourth-order valence-corrected chi connectivity index (χ4v) is 2.79. The van der Waals surface area contributed by atoms with Gasteiger partial charge in [-0.2, -0.15) is 0 Å². The van der Waals surface area contributed by atoms with E-state index in [2.05, 4.69) is 11.1 Å². The molecule has 3 rings (SSSR count). The Balaban J connectivity index is 1.78. The topological polar surface area (TPSA) is 77.0 Å². The maximum atomic E-state index is 12.4. The molecular weight excluding hydrogens is 330 g/mol. The van der Waals surface area contributed by atoms with Crippen LogP contribution in [0.25, 0.3) is 11.3 Å². The molecule has 3 aromatic rings. The lowest BCUT2D eigenvalue weighted by molar-refractivity contribution is -0.686. The average molecular weight is 348 g/mol. The number of carbonyl (C=O) groups is 1. The Kier molecular flexibility index (Phi) is 4.84. The van der Waals surface area contributed by atoms with Crippen LogP contribution in [-0.4, -0.2) is 15.7 Å². The second-order valence-electron chi connectivity index (χ2n) is 6.17. The molecule has 0 aliphatic heterocycles. The lowest BCUT2D eigenvalue weighted by Gasteiger charge is -2.04. The number of benzene rings is 2. The maximum Gasteiger partial charge on any atom is 0.287 e. The van der Waals surface area contributed by atoms with Gasteiger partial charge < -0.3 is 0 Å². The number of hydrogen-bond donors (Lipinski definition) is 0. The first-order valence-electron chi connectivity index (χ1n) is 8.14. The standard InChI is InChI=1S/C20H18N3O3/c1-14-6-7-18(15(2)10-14)19-8-9-22(13-21-19)12-20(24)16-4-3-5-17(11-16)23(25)26/h3-11,13H,12H2,1-2H3/q+1. The van der Waals surface area contributed by atoms with Gasteiger partial charge >= 0.3 is 0 Å². The largest absolute Gasteiger partial charge is 0.290 e. The number of Topliss-reactive ketones (excluding diaryl/α,β-unsaturated/α-hetero) is 1. The fraction of sp³-hybridized carbons (Fsp3) is 0.150. The summed E-state index contributed by atoms with van der Waals surface area (Å²) >= 11 is 0. The predicted octanol–water partition coefficient (Wildman–Crippen LogP) is 3.44. The van der Waals surface area contributed by atoms with Crippen LogP contribution in [0.3, 0.4) is 0 Å². The number of rotatable bonds is 5. The number of carbonyl (C=O) groups excluding carboxylic acids is 1. The summed E-state index contributed by atoms with van der Waals surface area (Å²) in [6.45, 7) is 4.15. The van der Waals surface area contributed by atoms with Gasteiger partial charge in [0.25, 0.3) is 12.0 Å². The zero-order valence-corrected chi connectivity index (χ0v) is 14.5. The van der Waals surface area contributed by atoms with Crippen molar-refractivity contribution < 1.29 is 14.3 Å². The van der Waals surface area contributed by atoms with E-state index in [0.29, 0.717) is 5.56 Å². The molecule has 0 atom stereocenters. The Bertz CT molecular complexity index is 982. The van der Waals surface area contributed by atoms with Crippen LogP contribution >= 0.6 is 0 Å². The van der Waals surface area contributed by atoms with Crippen LogP contribution in [0.5, 0.6) is 0 Å². The van der Waals surface area contributed by atoms with Crippen LogP contribution < -0.4 is 4.57 Å². The van der Waals surface area contributed by atoms with Crippen LogP contribution in [0.15, 0.2) is 61.1 Å². The molecule has 6 heteroatoms. The number of ketones is 1. The second kappa shape index (κ2) is 7.23. The first kappa shape index (κ1) is 17.4. The van der Waals surface area contributed by atoms with E-state index in [-0.39, 0.29) is 18.0 Å². The highest BCUT2D eigenvalue weighted by atomic mass is 16.6. The Morgan fingerprint density at radius 3 is 2.62 bits per heavy atom. The number of non-ortho nitro benzene ring substituents is 1. The summed E-state index contributed by atoms with van der Waals surface area (Å²) in [4.78, 5) is 27.1. The number of nitro benzene ring substituents is 1. The fourth-order valence-electron chi connectivity index (χ4n) is 2.79. The van der Waals surface area contributed by atoms with E-state index in [1.165, 1.54) is 23.8 Å². The third kappa shape index (κ3) is 3.80. The van der Waals surface area contributed by atoms with E-state index < -0.39 is 4.92 Å². The van der Waals surface area contributed by atoms with Crippen molar-refractivity contribution in [3.63, 3.8) is 0 Å². The molecule has 0 aliphatic carbocycles. The average Bonchev–Trinajstić information content (AvgIpc) is 2.63. The summed E-state index contributed by atoms with van der Waals surface area (Å²) < 4.78 is 1.66. The van der Waals surface area contributed by atoms with E-state index in [9.17, 15) is 14.9 Å². The molecule has 0 fully saturated rings. The molecule has 0 aliphatic rings. The van der Waals surface area contributed by atoms with Crippen LogP contribution in [-0.2, 0) is 6.54 Å². The van der Waals surface area contributed by atoms with Gasteiger partial charge in [-0.15, -0.1) is 0 Å². The molecule has 0 spiro atoms. The minimum Gasteiger partial charge on any atom is -0.290 e. The van der Waals surface area contributed by atoms with Crippen LogP contribution in [0.2, 0.25) is 0 Å². The van der Waals surface area contributed by atoms with Gasteiger partial charge in [0.05, 0.1) is 11.1 Å². The van der Waals surface area contributed by atoms with Crippen LogP contribution in [0, 0.1) is 24.0 Å². The molecule has 0 saturated carbocycles. The number of hydrogen-bond acceptors (Lipinski definition) is 4. The molecule has 2 aromatic carbocycles. The third-order valence-corrected chi connectivity index (χ3v) is 4.13. The van der Waals surface area contributed by atoms with Crippen LogP contribution in [0.1, 0.15) is 21.5 Å². The highest BCUT2D eigenvalue weighted by Gasteiger charge is 2.15. The van der Waals surface area contributed by atoms with Crippen molar-refractivity contribution >= 4 is 11.5 Å². The van der Waals surface area contributed by atoms with Crippen molar-refractivity contribution in [1.29, 1.82) is 0 Å². The summed E-state index contributed by atoms with van der Waals surface area (Å²) in [5, 5.41) is 10.8.